The predicted molar refractivity (Wildman–Crippen MR) is 82.0 cm³/mol. The van der Waals surface area contributed by atoms with E-state index >= 15 is 0 Å². The zero-order chi connectivity index (χ0) is 16.5. The van der Waals surface area contributed by atoms with Gasteiger partial charge in [0.2, 0.25) is 11.8 Å². The van der Waals surface area contributed by atoms with Crippen molar-refractivity contribution in [3.05, 3.63) is 0 Å². The Morgan fingerprint density at radius 2 is 1.48 bits per heavy atom. The van der Waals surface area contributed by atoms with Gasteiger partial charge in [0.25, 0.3) is 0 Å². The highest BCUT2D eigenvalue weighted by atomic mass is 16.5. The predicted octanol–water partition coefficient (Wildman–Crippen LogP) is 1.10. The maximum atomic E-state index is 11.6. The second kappa shape index (κ2) is 9.00. The molecule has 0 bridgehead atoms. The molecule has 0 aromatic heterocycles. The summed E-state index contributed by atoms with van der Waals surface area (Å²) in [5, 5.41) is 5.59. The molecule has 0 saturated carbocycles. The Kier molecular flexibility index (Phi) is 8.51. The Balaban J connectivity index is 3.46. The monoisotopic (exact) mass is 302 g/mol. The average Bonchev–Trinajstić information content (AvgIpc) is 2.28. The van der Waals surface area contributed by atoms with Crippen LogP contribution in [0.1, 0.15) is 41.5 Å². The van der Waals surface area contributed by atoms with Gasteiger partial charge in [0.05, 0.1) is 19.8 Å². The Labute approximate surface area is 127 Å². The van der Waals surface area contributed by atoms with Crippen LogP contribution in [0.5, 0.6) is 0 Å². The molecule has 0 radical (unpaired) electrons. The summed E-state index contributed by atoms with van der Waals surface area (Å²) in [7, 11) is 0. The van der Waals surface area contributed by atoms with E-state index < -0.39 is 0 Å². The van der Waals surface area contributed by atoms with Crippen LogP contribution in [-0.4, -0.2) is 50.3 Å². The molecule has 0 saturated heterocycles. The second-order valence-electron chi connectivity index (χ2n) is 6.97. The van der Waals surface area contributed by atoms with Crippen molar-refractivity contribution in [1.29, 1.82) is 0 Å². The largest absolute Gasteiger partial charge is 0.377 e. The average molecular weight is 302 g/mol. The van der Waals surface area contributed by atoms with Gasteiger partial charge in [0.15, 0.2) is 0 Å². The van der Waals surface area contributed by atoms with Gasteiger partial charge < -0.3 is 20.1 Å². The number of carbonyl (C=O) groups excluding carboxylic acids is 2. The van der Waals surface area contributed by atoms with Crippen molar-refractivity contribution in [3.8, 4) is 0 Å². The highest BCUT2D eigenvalue weighted by Gasteiger charge is 2.20. The Morgan fingerprint density at radius 1 is 0.905 bits per heavy atom. The van der Waals surface area contributed by atoms with E-state index in [1.54, 1.807) is 0 Å². The van der Waals surface area contributed by atoms with Crippen LogP contribution >= 0.6 is 0 Å². The van der Waals surface area contributed by atoms with Gasteiger partial charge in [-0.1, -0.05) is 20.8 Å². The molecule has 6 heteroatoms. The van der Waals surface area contributed by atoms with E-state index in [9.17, 15) is 9.59 Å². The quantitative estimate of drug-likeness (QED) is 0.658. The third-order valence-corrected chi connectivity index (χ3v) is 2.33. The molecule has 21 heavy (non-hydrogen) atoms. The molecule has 0 atom stereocenters. The van der Waals surface area contributed by atoms with Crippen molar-refractivity contribution < 1.29 is 19.1 Å². The lowest BCUT2D eigenvalue weighted by molar-refractivity contribution is -0.129. The fourth-order valence-electron chi connectivity index (χ4n) is 1.34. The van der Waals surface area contributed by atoms with Gasteiger partial charge in [-0.3, -0.25) is 9.59 Å². The first-order valence-corrected chi connectivity index (χ1v) is 7.27. The van der Waals surface area contributed by atoms with E-state index in [4.69, 9.17) is 9.47 Å². The molecule has 0 unspecified atom stereocenters. The van der Waals surface area contributed by atoms with E-state index in [2.05, 4.69) is 10.6 Å². The Bertz CT molecular complexity index is 330. The van der Waals surface area contributed by atoms with Crippen molar-refractivity contribution in [2.45, 2.75) is 47.1 Å². The van der Waals surface area contributed by atoms with Gasteiger partial charge in [-0.25, -0.2) is 0 Å². The first kappa shape index (κ1) is 19.9. The molecule has 124 valence electrons. The molecule has 6 nitrogen and oxygen atoms in total. The number of ether oxygens (including phenoxy) is 2. The minimum atomic E-state index is -0.385. The summed E-state index contributed by atoms with van der Waals surface area (Å²) in [5.74, 6) is -0.138. The molecule has 0 aliphatic rings. The number of nitrogens with one attached hydrogen (secondary N) is 2. The lowest BCUT2D eigenvalue weighted by Crippen LogP contribution is -2.42. The lowest BCUT2D eigenvalue weighted by atomic mass is 9.96. The highest BCUT2D eigenvalue weighted by molar-refractivity contribution is 5.81. The van der Waals surface area contributed by atoms with Gasteiger partial charge in [-0.15, -0.1) is 0 Å². The summed E-state index contributed by atoms with van der Waals surface area (Å²) in [5.41, 5.74) is -0.633. The fourth-order valence-corrected chi connectivity index (χ4v) is 1.34. The molecule has 0 aromatic carbocycles. The van der Waals surface area contributed by atoms with Crippen LogP contribution in [0.15, 0.2) is 0 Å². The Hall–Kier alpha value is -1.14. The van der Waals surface area contributed by atoms with E-state index in [0.29, 0.717) is 26.4 Å². The summed E-state index contributed by atoms with van der Waals surface area (Å²) in [6, 6.07) is 0. The maximum absolute atomic E-state index is 11.6. The first-order valence-electron chi connectivity index (χ1n) is 7.27. The molecule has 0 aromatic rings. The summed E-state index contributed by atoms with van der Waals surface area (Å²) in [6.07, 6.45) is 0. The number of rotatable bonds is 8. The second-order valence-corrected chi connectivity index (χ2v) is 6.97. The number of carbonyl (C=O) groups is 2. The molecule has 0 spiro atoms. The van der Waals surface area contributed by atoms with Gasteiger partial charge in [0, 0.05) is 17.5 Å². The third-order valence-electron chi connectivity index (χ3n) is 2.33. The summed E-state index contributed by atoms with van der Waals surface area (Å²) >= 11 is 0. The normalized spacial score (nSPS) is 12.1. The number of hydrogen-bond donors (Lipinski definition) is 2. The van der Waals surface area contributed by atoms with Crippen molar-refractivity contribution in [1.82, 2.24) is 10.6 Å². The zero-order valence-electron chi connectivity index (χ0n) is 14.2. The summed E-state index contributed by atoms with van der Waals surface area (Å²) in [4.78, 5) is 23.0. The van der Waals surface area contributed by atoms with Gasteiger partial charge in [0.1, 0.15) is 6.61 Å². The SMILES string of the molecule is CC(C)(C)NC(=O)COCCOCCNC(=O)C(C)(C)C. The summed E-state index contributed by atoms with van der Waals surface area (Å²) < 4.78 is 10.5. The molecule has 0 heterocycles. The molecule has 2 amide bonds. The molecule has 0 fully saturated rings. The van der Waals surface area contributed by atoms with Crippen LogP contribution in [0, 0.1) is 5.41 Å². The van der Waals surface area contributed by atoms with Crippen LogP contribution in [-0.2, 0) is 19.1 Å². The van der Waals surface area contributed by atoms with E-state index in [0.717, 1.165) is 0 Å². The standard InChI is InChI=1S/C15H30N2O4/c1-14(2,3)13(19)16-7-8-20-9-10-21-11-12(18)17-15(4,5)6/h7-11H2,1-6H3,(H,16,19)(H,17,18). The highest BCUT2D eigenvalue weighted by Crippen LogP contribution is 2.11. The third kappa shape index (κ3) is 12.3. The fraction of sp³-hybridized carbons (Fsp3) is 0.867. The van der Waals surface area contributed by atoms with Crippen molar-refractivity contribution in [3.63, 3.8) is 0 Å². The van der Waals surface area contributed by atoms with Crippen molar-refractivity contribution >= 4 is 11.8 Å². The van der Waals surface area contributed by atoms with Gasteiger partial charge >= 0.3 is 0 Å². The van der Waals surface area contributed by atoms with Crippen LogP contribution in [0.4, 0.5) is 0 Å². The smallest absolute Gasteiger partial charge is 0.246 e. The van der Waals surface area contributed by atoms with Crippen LogP contribution in [0.25, 0.3) is 0 Å². The molecule has 0 aliphatic carbocycles. The van der Waals surface area contributed by atoms with Gasteiger partial charge in [-0.05, 0) is 20.8 Å². The minimum Gasteiger partial charge on any atom is -0.377 e. The molecular formula is C15H30N2O4. The van der Waals surface area contributed by atoms with Crippen molar-refractivity contribution in [2.24, 2.45) is 5.41 Å². The van der Waals surface area contributed by atoms with Gasteiger partial charge in [-0.2, -0.15) is 0 Å². The van der Waals surface area contributed by atoms with E-state index in [1.807, 2.05) is 41.5 Å². The summed E-state index contributed by atoms with van der Waals surface area (Å²) in [6.45, 7) is 13.0. The van der Waals surface area contributed by atoms with E-state index in [1.165, 1.54) is 0 Å². The lowest BCUT2D eigenvalue weighted by Gasteiger charge is -2.20. The van der Waals surface area contributed by atoms with Crippen LogP contribution in [0.3, 0.4) is 0 Å². The van der Waals surface area contributed by atoms with E-state index in [-0.39, 0.29) is 29.4 Å². The first-order chi connectivity index (χ1) is 9.52. The number of hydrogen-bond acceptors (Lipinski definition) is 4. The topological polar surface area (TPSA) is 76.7 Å². The minimum absolute atomic E-state index is 0.00111. The Morgan fingerprint density at radius 3 is 2.00 bits per heavy atom. The number of amides is 2. The van der Waals surface area contributed by atoms with Crippen LogP contribution in [0.2, 0.25) is 0 Å². The molecular weight excluding hydrogens is 272 g/mol. The maximum Gasteiger partial charge on any atom is 0.246 e. The van der Waals surface area contributed by atoms with Crippen LogP contribution < -0.4 is 10.6 Å². The zero-order valence-corrected chi connectivity index (χ0v) is 14.2. The van der Waals surface area contributed by atoms with Crippen molar-refractivity contribution in [2.75, 3.05) is 33.0 Å². The molecule has 0 aliphatic heterocycles. The molecule has 2 N–H and O–H groups in total. The molecule has 0 rings (SSSR count).